The summed E-state index contributed by atoms with van der Waals surface area (Å²) in [5.74, 6) is 0.660. The Labute approximate surface area is 94.4 Å². The van der Waals surface area contributed by atoms with E-state index in [1.807, 2.05) is 25.1 Å². The number of benzene rings is 1. The van der Waals surface area contributed by atoms with E-state index in [0.29, 0.717) is 23.6 Å². The number of carbonyl (C=O) groups excluding carboxylic acids is 1. The van der Waals surface area contributed by atoms with Crippen LogP contribution in [0.2, 0.25) is 5.02 Å². The lowest BCUT2D eigenvalue weighted by Crippen LogP contribution is -2.26. The Bertz CT molecular complexity index is 341. The molecule has 15 heavy (non-hydrogen) atoms. The predicted octanol–water partition coefficient (Wildman–Crippen LogP) is 2.03. The zero-order valence-corrected chi connectivity index (χ0v) is 9.54. The van der Waals surface area contributed by atoms with Gasteiger partial charge in [-0.3, -0.25) is 4.79 Å². The highest BCUT2D eigenvalue weighted by molar-refractivity contribution is 6.32. The standard InChI is InChI=1S/C11H14ClNO2/c1-8(13-7-14)6-9-4-3-5-10(15-2)11(9)12/h3-5,7-8H,6H2,1-2H3,(H,13,14)/t8-/m0/s1. The van der Waals surface area contributed by atoms with Crippen LogP contribution in [0.3, 0.4) is 0 Å². The molecule has 3 nitrogen and oxygen atoms in total. The highest BCUT2D eigenvalue weighted by Crippen LogP contribution is 2.28. The van der Waals surface area contributed by atoms with Crippen molar-refractivity contribution in [1.82, 2.24) is 5.32 Å². The number of hydrogen-bond acceptors (Lipinski definition) is 2. The number of hydrogen-bond donors (Lipinski definition) is 1. The lowest BCUT2D eigenvalue weighted by atomic mass is 10.1. The van der Waals surface area contributed by atoms with E-state index in [1.165, 1.54) is 0 Å². The molecule has 0 aromatic heterocycles. The average molecular weight is 228 g/mol. The number of carbonyl (C=O) groups is 1. The average Bonchev–Trinajstić information content (AvgIpc) is 2.21. The van der Waals surface area contributed by atoms with Crippen LogP contribution in [-0.4, -0.2) is 19.6 Å². The van der Waals surface area contributed by atoms with Gasteiger partial charge in [0.25, 0.3) is 0 Å². The fourth-order valence-corrected chi connectivity index (χ4v) is 1.66. The number of rotatable bonds is 5. The smallest absolute Gasteiger partial charge is 0.207 e. The van der Waals surface area contributed by atoms with Crippen LogP contribution in [0.4, 0.5) is 0 Å². The highest BCUT2D eigenvalue weighted by atomic mass is 35.5. The first-order valence-electron chi connectivity index (χ1n) is 4.70. The van der Waals surface area contributed by atoms with Gasteiger partial charge in [-0.1, -0.05) is 23.7 Å². The van der Waals surface area contributed by atoms with Gasteiger partial charge in [-0.05, 0) is 25.0 Å². The molecule has 1 atom stereocenters. The maximum Gasteiger partial charge on any atom is 0.207 e. The molecule has 1 rings (SSSR count). The molecule has 1 N–H and O–H groups in total. The fraction of sp³-hybridized carbons (Fsp3) is 0.364. The van der Waals surface area contributed by atoms with E-state index >= 15 is 0 Å². The summed E-state index contributed by atoms with van der Waals surface area (Å²) in [7, 11) is 1.58. The second kappa shape index (κ2) is 5.61. The summed E-state index contributed by atoms with van der Waals surface area (Å²) in [6.45, 7) is 1.92. The molecular formula is C11H14ClNO2. The van der Waals surface area contributed by atoms with Crippen molar-refractivity contribution in [1.29, 1.82) is 0 Å². The summed E-state index contributed by atoms with van der Waals surface area (Å²) in [5, 5.41) is 3.29. The molecule has 0 saturated heterocycles. The Morgan fingerprint density at radius 1 is 1.60 bits per heavy atom. The first kappa shape index (κ1) is 11.9. The third-order valence-corrected chi connectivity index (χ3v) is 2.57. The van der Waals surface area contributed by atoms with Crippen molar-refractivity contribution in [2.75, 3.05) is 7.11 Å². The van der Waals surface area contributed by atoms with E-state index in [9.17, 15) is 4.79 Å². The fourth-order valence-electron chi connectivity index (χ4n) is 1.38. The Kier molecular flexibility index (Phi) is 4.43. The van der Waals surface area contributed by atoms with Crippen LogP contribution in [0.15, 0.2) is 18.2 Å². The molecule has 1 amide bonds. The van der Waals surface area contributed by atoms with E-state index < -0.39 is 0 Å². The first-order chi connectivity index (χ1) is 7.19. The largest absolute Gasteiger partial charge is 0.495 e. The summed E-state index contributed by atoms with van der Waals surface area (Å²) < 4.78 is 5.11. The molecule has 0 aliphatic heterocycles. The lowest BCUT2D eigenvalue weighted by Gasteiger charge is -2.12. The SMILES string of the molecule is COc1cccc(C[C@H](C)NC=O)c1Cl. The third-order valence-electron chi connectivity index (χ3n) is 2.14. The molecule has 82 valence electrons. The predicted molar refractivity (Wildman–Crippen MR) is 60.4 cm³/mol. The molecule has 0 heterocycles. The minimum Gasteiger partial charge on any atom is -0.495 e. The zero-order chi connectivity index (χ0) is 11.3. The summed E-state index contributed by atoms with van der Waals surface area (Å²) in [4.78, 5) is 10.2. The van der Waals surface area contributed by atoms with E-state index in [2.05, 4.69) is 5.32 Å². The summed E-state index contributed by atoms with van der Waals surface area (Å²) in [6, 6.07) is 5.68. The second-order valence-electron chi connectivity index (χ2n) is 3.32. The molecule has 4 heteroatoms. The Balaban J connectivity index is 2.80. The minimum absolute atomic E-state index is 0.0621. The van der Waals surface area contributed by atoms with Crippen molar-refractivity contribution < 1.29 is 9.53 Å². The summed E-state index contributed by atoms with van der Waals surface area (Å²) in [5.41, 5.74) is 0.970. The molecule has 0 bridgehead atoms. The van der Waals surface area contributed by atoms with Gasteiger partial charge in [-0.25, -0.2) is 0 Å². The number of amides is 1. The quantitative estimate of drug-likeness (QED) is 0.782. The number of nitrogens with one attached hydrogen (secondary N) is 1. The van der Waals surface area contributed by atoms with Crippen molar-refractivity contribution in [3.05, 3.63) is 28.8 Å². The second-order valence-corrected chi connectivity index (χ2v) is 3.70. The van der Waals surface area contributed by atoms with Crippen LogP contribution >= 0.6 is 11.6 Å². The Hall–Kier alpha value is -1.22. The Morgan fingerprint density at radius 3 is 2.93 bits per heavy atom. The van der Waals surface area contributed by atoms with Gasteiger partial charge in [0.05, 0.1) is 12.1 Å². The third kappa shape index (κ3) is 3.13. The zero-order valence-electron chi connectivity index (χ0n) is 8.79. The maximum atomic E-state index is 10.2. The Morgan fingerprint density at radius 2 is 2.33 bits per heavy atom. The molecule has 1 aromatic carbocycles. The highest BCUT2D eigenvalue weighted by Gasteiger charge is 2.09. The van der Waals surface area contributed by atoms with Gasteiger partial charge in [0.2, 0.25) is 6.41 Å². The van der Waals surface area contributed by atoms with Crippen molar-refractivity contribution in [3.8, 4) is 5.75 Å². The van der Waals surface area contributed by atoms with Crippen LogP contribution in [-0.2, 0) is 11.2 Å². The summed E-state index contributed by atoms with van der Waals surface area (Å²) in [6.07, 6.45) is 1.38. The molecule has 0 aliphatic carbocycles. The molecule has 0 radical (unpaired) electrons. The van der Waals surface area contributed by atoms with Gasteiger partial charge in [0.1, 0.15) is 5.75 Å². The number of methoxy groups -OCH3 is 1. The van der Waals surface area contributed by atoms with E-state index in [4.69, 9.17) is 16.3 Å². The van der Waals surface area contributed by atoms with Crippen LogP contribution in [0, 0.1) is 0 Å². The number of ether oxygens (including phenoxy) is 1. The van der Waals surface area contributed by atoms with Gasteiger partial charge in [0.15, 0.2) is 0 Å². The van der Waals surface area contributed by atoms with Gasteiger partial charge in [-0.2, -0.15) is 0 Å². The van der Waals surface area contributed by atoms with E-state index in [-0.39, 0.29) is 6.04 Å². The first-order valence-corrected chi connectivity index (χ1v) is 5.08. The van der Waals surface area contributed by atoms with Crippen LogP contribution in [0.1, 0.15) is 12.5 Å². The normalized spacial score (nSPS) is 11.9. The topological polar surface area (TPSA) is 38.3 Å². The van der Waals surface area contributed by atoms with Crippen molar-refractivity contribution in [2.24, 2.45) is 0 Å². The molecule has 0 aliphatic rings. The maximum absolute atomic E-state index is 10.2. The molecule has 0 spiro atoms. The molecule has 0 fully saturated rings. The van der Waals surface area contributed by atoms with E-state index in [1.54, 1.807) is 7.11 Å². The van der Waals surface area contributed by atoms with Crippen LogP contribution < -0.4 is 10.1 Å². The summed E-state index contributed by atoms with van der Waals surface area (Å²) >= 11 is 6.11. The molecular weight excluding hydrogens is 214 g/mol. The van der Waals surface area contributed by atoms with Crippen LogP contribution in [0.25, 0.3) is 0 Å². The van der Waals surface area contributed by atoms with Crippen molar-refractivity contribution in [3.63, 3.8) is 0 Å². The molecule has 0 unspecified atom stereocenters. The van der Waals surface area contributed by atoms with E-state index in [0.717, 1.165) is 5.56 Å². The van der Waals surface area contributed by atoms with Gasteiger partial charge in [-0.15, -0.1) is 0 Å². The molecule has 1 aromatic rings. The molecule has 0 saturated carbocycles. The van der Waals surface area contributed by atoms with Gasteiger partial charge >= 0.3 is 0 Å². The minimum atomic E-state index is 0.0621. The van der Waals surface area contributed by atoms with Crippen LogP contribution in [0.5, 0.6) is 5.75 Å². The van der Waals surface area contributed by atoms with Gasteiger partial charge < -0.3 is 10.1 Å². The van der Waals surface area contributed by atoms with Gasteiger partial charge in [0, 0.05) is 6.04 Å². The number of halogens is 1. The van der Waals surface area contributed by atoms with Crippen molar-refractivity contribution >= 4 is 18.0 Å². The lowest BCUT2D eigenvalue weighted by molar-refractivity contribution is -0.110. The monoisotopic (exact) mass is 227 g/mol. The van der Waals surface area contributed by atoms with Crippen molar-refractivity contribution in [2.45, 2.75) is 19.4 Å².